The zero-order chi connectivity index (χ0) is 19.4. The summed E-state index contributed by atoms with van der Waals surface area (Å²) in [6.45, 7) is 8.03. The number of hydrogen-bond acceptors (Lipinski definition) is 8. The summed E-state index contributed by atoms with van der Waals surface area (Å²) in [4.78, 5) is 14.0. The van der Waals surface area contributed by atoms with Gasteiger partial charge in [-0.1, -0.05) is 53.4 Å². The molecule has 0 saturated carbocycles. The number of aromatic nitrogens is 3. The Bertz CT molecular complexity index is 896. The standard InChI is InChI=1S/C19H25N5OS2/c1-12(2)20-18-22-15-14(27-18)16(24-19(3,4)11-25)23-17(21-15)26-10-13-8-6-5-7-9-13/h5-9,12,25H,10-11H2,1-4H3,(H2,20,21,22,23,24). The van der Waals surface area contributed by atoms with Gasteiger partial charge in [0.1, 0.15) is 4.70 Å². The van der Waals surface area contributed by atoms with Gasteiger partial charge < -0.3 is 15.7 Å². The first kappa shape index (κ1) is 19.9. The lowest BCUT2D eigenvalue weighted by Gasteiger charge is -2.24. The highest BCUT2D eigenvalue weighted by Crippen LogP contribution is 2.34. The Balaban J connectivity index is 1.93. The van der Waals surface area contributed by atoms with Gasteiger partial charge in [0.2, 0.25) is 0 Å². The third-order valence-corrected chi connectivity index (χ3v) is 5.61. The summed E-state index contributed by atoms with van der Waals surface area (Å²) < 4.78 is 0.892. The third-order valence-electron chi connectivity index (χ3n) is 3.71. The smallest absolute Gasteiger partial charge is 0.191 e. The number of nitrogens with zero attached hydrogens (tertiary/aromatic N) is 3. The molecule has 1 aromatic carbocycles. The molecule has 2 heterocycles. The van der Waals surface area contributed by atoms with E-state index in [1.807, 2.05) is 32.0 Å². The Morgan fingerprint density at radius 1 is 1.15 bits per heavy atom. The summed E-state index contributed by atoms with van der Waals surface area (Å²) in [5, 5.41) is 17.8. The minimum Gasteiger partial charge on any atom is -0.394 e. The maximum Gasteiger partial charge on any atom is 0.191 e. The summed E-state index contributed by atoms with van der Waals surface area (Å²) >= 11 is 3.10. The molecule has 3 N–H and O–H groups in total. The quantitative estimate of drug-likeness (QED) is 0.380. The Labute approximate surface area is 167 Å². The van der Waals surface area contributed by atoms with Crippen molar-refractivity contribution in [3.05, 3.63) is 35.9 Å². The van der Waals surface area contributed by atoms with Crippen LogP contribution in [0.4, 0.5) is 10.9 Å². The van der Waals surface area contributed by atoms with E-state index in [1.54, 1.807) is 11.8 Å². The number of anilines is 2. The van der Waals surface area contributed by atoms with Crippen LogP contribution in [0.5, 0.6) is 0 Å². The average Bonchev–Trinajstić information content (AvgIpc) is 3.02. The molecule has 144 valence electrons. The molecular weight excluding hydrogens is 378 g/mol. The van der Waals surface area contributed by atoms with Crippen LogP contribution in [-0.2, 0) is 5.75 Å². The van der Waals surface area contributed by atoms with Gasteiger partial charge >= 0.3 is 0 Å². The molecule has 0 unspecified atom stereocenters. The van der Waals surface area contributed by atoms with Gasteiger partial charge in [-0.25, -0.2) is 9.97 Å². The lowest BCUT2D eigenvalue weighted by molar-refractivity contribution is 0.234. The fourth-order valence-electron chi connectivity index (χ4n) is 2.34. The van der Waals surface area contributed by atoms with Crippen molar-refractivity contribution in [3.8, 4) is 0 Å². The SMILES string of the molecule is CC(C)Nc1nc2nc(SCc3ccccc3)nc(NC(C)(C)CO)c2s1. The molecule has 0 bridgehead atoms. The lowest BCUT2D eigenvalue weighted by Crippen LogP contribution is -2.35. The molecule has 3 aromatic rings. The molecule has 27 heavy (non-hydrogen) atoms. The molecule has 0 aliphatic rings. The number of nitrogens with one attached hydrogen (secondary N) is 2. The molecule has 0 spiro atoms. The van der Waals surface area contributed by atoms with E-state index in [4.69, 9.17) is 4.98 Å². The van der Waals surface area contributed by atoms with Gasteiger partial charge in [0.05, 0.1) is 12.1 Å². The van der Waals surface area contributed by atoms with Gasteiger partial charge in [-0.15, -0.1) is 0 Å². The summed E-state index contributed by atoms with van der Waals surface area (Å²) in [6, 6.07) is 10.5. The second-order valence-electron chi connectivity index (χ2n) is 7.27. The van der Waals surface area contributed by atoms with E-state index in [0.717, 1.165) is 15.6 Å². The predicted octanol–water partition coefficient (Wildman–Crippen LogP) is 4.38. The highest BCUT2D eigenvalue weighted by molar-refractivity contribution is 7.98. The number of rotatable bonds is 8. The number of aliphatic hydroxyl groups is 1. The monoisotopic (exact) mass is 403 g/mol. The first-order valence-corrected chi connectivity index (χ1v) is 10.7. The zero-order valence-electron chi connectivity index (χ0n) is 16.0. The van der Waals surface area contributed by atoms with E-state index in [-0.39, 0.29) is 12.6 Å². The van der Waals surface area contributed by atoms with E-state index in [9.17, 15) is 5.11 Å². The van der Waals surface area contributed by atoms with Crippen molar-refractivity contribution in [2.24, 2.45) is 0 Å². The summed E-state index contributed by atoms with van der Waals surface area (Å²) in [7, 11) is 0. The molecule has 6 nitrogen and oxygen atoms in total. The number of thioether (sulfide) groups is 1. The van der Waals surface area contributed by atoms with Crippen molar-refractivity contribution in [2.75, 3.05) is 17.2 Å². The molecule has 0 amide bonds. The highest BCUT2D eigenvalue weighted by atomic mass is 32.2. The van der Waals surface area contributed by atoms with Crippen LogP contribution >= 0.6 is 23.1 Å². The van der Waals surface area contributed by atoms with Crippen LogP contribution in [0.2, 0.25) is 0 Å². The maximum absolute atomic E-state index is 9.64. The lowest BCUT2D eigenvalue weighted by atomic mass is 10.1. The van der Waals surface area contributed by atoms with Crippen LogP contribution in [-0.4, -0.2) is 38.2 Å². The van der Waals surface area contributed by atoms with Crippen LogP contribution in [0, 0.1) is 0 Å². The van der Waals surface area contributed by atoms with Gasteiger partial charge in [-0.2, -0.15) is 4.98 Å². The van der Waals surface area contributed by atoms with Crippen molar-refractivity contribution in [2.45, 2.75) is 50.2 Å². The summed E-state index contributed by atoms with van der Waals surface area (Å²) in [5.74, 6) is 1.50. The Morgan fingerprint density at radius 3 is 2.56 bits per heavy atom. The van der Waals surface area contributed by atoms with Crippen molar-refractivity contribution >= 4 is 44.4 Å². The molecule has 8 heteroatoms. The normalized spacial score (nSPS) is 11.9. The summed E-state index contributed by atoms with van der Waals surface area (Å²) in [6.07, 6.45) is 0. The van der Waals surface area contributed by atoms with E-state index in [2.05, 4.69) is 46.6 Å². The molecule has 0 aliphatic heterocycles. The van der Waals surface area contributed by atoms with Gasteiger partial charge in [0.15, 0.2) is 21.8 Å². The number of aliphatic hydroxyl groups excluding tert-OH is 1. The van der Waals surface area contributed by atoms with Crippen molar-refractivity contribution in [1.29, 1.82) is 0 Å². The molecule has 3 rings (SSSR count). The van der Waals surface area contributed by atoms with Crippen molar-refractivity contribution in [3.63, 3.8) is 0 Å². The molecule has 0 fully saturated rings. The number of thiazole rings is 1. The fourth-order valence-corrected chi connectivity index (χ4v) is 4.14. The second-order valence-corrected chi connectivity index (χ2v) is 9.21. The van der Waals surface area contributed by atoms with Crippen LogP contribution in [0.25, 0.3) is 10.3 Å². The van der Waals surface area contributed by atoms with Crippen LogP contribution in [0.1, 0.15) is 33.3 Å². The average molecular weight is 404 g/mol. The van der Waals surface area contributed by atoms with Gasteiger partial charge in [-0.05, 0) is 33.3 Å². The van der Waals surface area contributed by atoms with E-state index >= 15 is 0 Å². The van der Waals surface area contributed by atoms with Gasteiger partial charge in [-0.3, -0.25) is 0 Å². The maximum atomic E-state index is 9.64. The van der Waals surface area contributed by atoms with Crippen LogP contribution in [0.15, 0.2) is 35.5 Å². The largest absolute Gasteiger partial charge is 0.394 e. The van der Waals surface area contributed by atoms with E-state index in [0.29, 0.717) is 16.6 Å². The first-order chi connectivity index (χ1) is 12.9. The molecule has 0 saturated heterocycles. The Morgan fingerprint density at radius 2 is 1.89 bits per heavy atom. The third kappa shape index (κ3) is 5.31. The minimum absolute atomic E-state index is 0.000886. The number of fused-ring (bicyclic) bond motifs is 1. The minimum atomic E-state index is -0.488. The summed E-state index contributed by atoms with van der Waals surface area (Å²) in [5.41, 5.74) is 1.40. The Hall–Kier alpha value is -1.90. The van der Waals surface area contributed by atoms with Crippen molar-refractivity contribution in [1.82, 2.24) is 15.0 Å². The predicted molar refractivity (Wildman–Crippen MR) is 115 cm³/mol. The molecule has 0 atom stereocenters. The number of benzene rings is 1. The van der Waals surface area contributed by atoms with Crippen LogP contribution in [0.3, 0.4) is 0 Å². The van der Waals surface area contributed by atoms with E-state index in [1.165, 1.54) is 16.9 Å². The highest BCUT2D eigenvalue weighted by Gasteiger charge is 2.21. The first-order valence-electron chi connectivity index (χ1n) is 8.87. The molecule has 0 radical (unpaired) electrons. The van der Waals surface area contributed by atoms with Crippen molar-refractivity contribution < 1.29 is 5.11 Å². The van der Waals surface area contributed by atoms with E-state index < -0.39 is 5.54 Å². The topological polar surface area (TPSA) is 83.0 Å². The second kappa shape index (κ2) is 8.41. The Kier molecular flexibility index (Phi) is 6.18. The molecule has 2 aromatic heterocycles. The fraction of sp³-hybridized carbons (Fsp3) is 0.421. The zero-order valence-corrected chi connectivity index (χ0v) is 17.6. The molecular formula is C19H25N5OS2. The number of hydrogen-bond donors (Lipinski definition) is 3. The van der Waals surface area contributed by atoms with Gasteiger partial charge in [0.25, 0.3) is 0 Å². The molecule has 0 aliphatic carbocycles. The van der Waals surface area contributed by atoms with Crippen LogP contribution < -0.4 is 10.6 Å². The van der Waals surface area contributed by atoms with Gasteiger partial charge in [0, 0.05) is 11.8 Å².